The maximum atomic E-state index is 11.5. The molecule has 0 spiro atoms. The predicted molar refractivity (Wildman–Crippen MR) is 70.6 cm³/mol. The van der Waals surface area contributed by atoms with Crippen LogP contribution in [0.2, 0.25) is 0 Å². The zero-order valence-electron chi connectivity index (χ0n) is 10.7. The van der Waals surface area contributed by atoms with Crippen molar-refractivity contribution < 1.29 is 8.42 Å². The Morgan fingerprint density at radius 3 is 2.41 bits per heavy atom. The van der Waals surface area contributed by atoms with Crippen LogP contribution in [0.25, 0.3) is 0 Å². The molecule has 0 aliphatic carbocycles. The highest BCUT2D eigenvalue weighted by atomic mass is 32.2. The summed E-state index contributed by atoms with van der Waals surface area (Å²) in [4.78, 5) is 0.374. The van der Waals surface area contributed by atoms with Gasteiger partial charge < -0.3 is 0 Å². The topological polar surface area (TPSA) is 34.1 Å². The van der Waals surface area contributed by atoms with Crippen molar-refractivity contribution >= 4 is 9.84 Å². The molecule has 1 aromatic rings. The molecule has 0 aliphatic heterocycles. The van der Waals surface area contributed by atoms with Gasteiger partial charge in [-0.15, -0.1) is 5.92 Å². The molecular formula is C14H18O2S. The second-order valence-electron chi connectivity index (χ2n) is 4.32. The van der Waals surface area contributed by atoms with E-state index < -0.39 is 9.84 Å². The Hall–Kier alpha value is -1.27. The number of sulfone groups is 1. The van der Waals surface area contributed by atoms with Crippen LogP contribution in [0, 0.1) is 17.8 Å². The summed E-state index contributed by atoms with van der Waals surface area (Å²) in [5, 5.41) is 0. The van der Waals surface area contributed by atoms with Crippen LogP contribution in [0.3, 0.4) is 0 Å². The van der Waals surface area contributed by atoms with E-state index in [-0.39, 0.29) is 11.8 Å². The van der Waals surface area contributed by atoms with Crippen molar-refractivity contribution in [2.75, 3.05) is 6.26 Å². The van der Waals surface area contributed by atoms with Gasteiger partial charge in [-0.1, -0.05) is 31.9 Å². The third-order valence-corrected chi connectivity index (χ3v) is 4.04. The summed E-state index contributed by atoms with van der Waals surface area (Å²) in [7, 11) is -3.13. The Bertz CT molecular complexity index is 547. The fraction of sp³-hybridized carbons (Fsp3) is 0.429. The normalized spacial score (nSPS) is 14.6. The van der Waals surface area contributed by atoms with E-state index in [1.165, 1.54) is 6.26 Å². The first-order chi connectivity index (χ1) is 7.86. The minimum Gasteiger partial charge on any atom is -0.224 e. The van der Waals surface area contributed by atoms with Gasteiger partial charge in [-0.3, -0.25) is 0 Å². The van der Waals surface area contributed by atoms with Gasteiger partial charge in [-0.25, -0.2) is 8.42 Å². The SMILES string of the molecule is CC#CC(C)C(C)c1cccc(S(C)(=O)=O)c1. The summed E-state index contributed by atoms with van der Waals surface area (Å²) in [5.74, 6) is 6.44. The van der Waals surface area contributed by atoms with Crippen LogP contribution in [-0.4, -0.2) is 14.7 Å². The van der Waals surface area contributed by atoms with Crippen LogP contribution in [0.4, 0.5) is 0 Å². The van der Waals surface area contributed by atoms with Gasteiger partial charge in [0.05, 0.1) is 4.90 Å². The molecule has 0 bridgehead atoms. The zero-order chi connectivity index (χ0) is 13.1. The summed E-state index contributed by atoms with van der Waals surface area (Å²) in [6, 6.07) is 7.11. The third-order valence-electron chi connectivity index (χ3n) is 2.93. The summed E-state index contributed by atoms with van der Waals surface area (Å²) in [6.07, 6.45) is 1.23. The molecule has 0 saturated carbocycles. The Balaban J connectivity index is 3.11. The molecule has 2 atom stereocenters. The molecule has 2 unspecified atom stereocenters. The Morgan fingerprint density at radius 2 is 1.88 bits per heavy atom. The predicted octanol–water partition coefficient (Wildman–Crippen LogP) is 2.85. The molecule has 0 aliphatic rings. The third kappa shape index (κ3) is 3.61. The molecule has 3 heteroatoms. The molecule has 2 nitrogen and oxygen atoms in total. The second kappa shape index (κ2) is 5.37. The minimum absolute atomic E-state index is 0.217. The van der Waals surface area contributed by atoms with Crippen LogP contribution < -0.4 is 0 Å². The molecule has 0 aromatic heterocycles. The lowest BCUT2D eigenvalue weighted by Gasteiger charge is -2.16. The van der Waals surface area contributed by atoms with Gasteiger partial charge >= 0.3 is 0 Å². The van der Waals surface area contributed by atoms with Crippen molar-refractivity contribution in [3.8, 4) is 11.8 Å². The highest BCUT2D eigenvalue weighted by Gasteiger charge is 2.14. The van der Waals surface area contributed by atoms with E-state index >= 15 is 0 Å². The summed E-state index contributed by atoms with van der Waals surface area (Å²) < 4.78 is 23.0. The first-order valence-corrected chi connectivity index (χ1v) is 7.47. The van der Waals surface area contributed by atoms with Crippen molar-refractivity contribution in [1.82, 2.24) is 0 Å². The molecule has 0 fully saturated rings. The van der Waals surface area contributed by atoms with Crippen molar-refractivity contribution in [2.45, 2.75) is 31.6 Å². The van der Waals surface area contributed by atoms with Crippen LogP contribution in [-0.2, 0) is 9.84 Å². The molecule has 1 rings (SSSR count). The molecule has 0 amide bonds. The van der Waals surface area contributed by atoms with Gasteiger partial charge in [0.1, 0.15) is 0 Å². The van der Waals surface area contributed by atoms with Crippen molar-refractivity contribution in [1.29, 1.82) is 0 Å². The maximum Gasteiger partial charge on any atom is 0.175 e. The first kappa shape index (κ1) is 13.8. The van der Waals surface area contributed by atoms with Gasteiger partial charge in [0.15, 0.2) is 9.84 Å². The lowest BCUT2D eigenvalue weighted by Crippen LogP contribution is -2.05. The van der Waals surface area contributed by atoms with Crippen LogP contribution in [0.15, 0.2) is 29.2 Å². The number of benzene rings is 1. The summed E-state index contributed by atoms with van der Waals surface area (Å²) in [5.41, 5.74) is 1.02. The number of rotatable bonds is 3. The smallest absolute Gasteiger partial charge is 0.175 e. The molecule has 17 heavy (non-hydrogen) atoms. The molecule has 0 radical (unpaired) electrons. The largest absolute Gasteiger partial charge is 0.224 e. The van der Waals surface area contributed by atoms with E-state index in [2.05, 4.69) is 18.8 Å². The lowest BCUT2D eigenvalue weighted by atomic mass is 9.89. The maximum absolute atomic E-state index is 11.5. The number of hydrogen-bond donors (Lipinski definition) is 0. The van der Waals surface area contributed by atoms with Gasteiger partial charge in [0.2, 0.25) is 0 Å². The van der Waals surface area contributed by atoms with E-state index in [1.54, 1.807) is 18.2 Å². The molecule has 0 heterocycles. The molecule has 0 N–H and O–H groups in total. The highest BCUT2D eigenvalue weighted by Crippen LogP contribution is 2.25. The fourth-order valence-corrected chi connectivity index (χ4v) is 2.35. The Kier molecular flexibility index (Phi) is 4.36. The first-order valence-electron chi connectivity index (χ1n) is 5.58. The molecular weight excluding hydrogens is 232 g/mol. The van der Waals surface area contributed by atoms with Crippen LogP contribution in [0.1, 0.15) is 32.3 Å². The van der Waals surface area contributed by atoms with Gasteiger partial charge in [-0.2, -0.15) is 0 Å². The molecule has 1 aromatic carbocycles. The van der Waals surface area contributed by atoms with Crippen LogP contribution >= 0.6 is 0 Å². The quantitative estimate of drug-likeness (QED) is 0.773. The minimum atomic E-state index is -3.13. The van der Waals surface area contributed by atoms with Crippen LogP contribution in [0.5, 0.6) is 0 Å². The van der Waals surface area contributed by atoms with Gasteiger partial charge in [0.25, 0.3) is 0 Å². The zero-order valence-corrected chi connectivity index (χ0v) is 11.5. The van der Waals surface area contributed by atoms with E-state index in [0.717, 1.165) is 5.56 Å². The average molecular weight is 250 g/mol. The van der Waals surface area contributed by atoms with Crippen molar-refractivity contribution in [2.24, 2.45) is 5.92 Å². The lowest BCUT2D eigenvalue weighted by molar-refractivity contribution is 0.597. The van der Waals surface area contributed by atoms with Gasteiger partial charge in [0, 0.05) is 12.2 Å². The van der Waals surface area contributed by atoms with E-state index in [4.69, 9.17) is 0 Å². The monoisotopic (exact) mass is 250 g/mol. The second-order valence-corrected chi connectivity index (χ2v) is 6.33. The summed E-state index contributed by atoms with van der Waals surface area (Å²) in [6.45, 7) is 5.93. The summed E-state index contributed by atoms with van der Waals surface area (Å²) >= 11 is 0. The molecule has 0 saturated heterocycles. The van der Waals surface area contributed by atoms with Crippen molar-refractivity contribution in [3.05, 3.63) is 29.8 Å². The highest BCUT2D eigenvalue weighted by molar-refractivity contribution is 7.90. The fourth-order valence-electron chi connectivity index (χ4n) is 1.67. The van der Waals surface area contributed by atoms with Gasteiger partial charge in [-0.05, 0) is 30.5 Å². The standard InChI is InChI=1S/C14H18O2S/c1-5-7-11(2)12(3)13-8-6-9-14(10-13)17(4,15)16/h6,8-12H,1-4H3. The number of hydrogen-bond acceptors (Lipinski definition) is 2. The van der Waals surface area contributed by atoms with E-state index in [1.807, 2.05) is 19.9 Å². The Labute approximate surface area is 104 Å². The molecule has 92 valence electrons. The average Bonchev–Trinajstić information content (AvgIpc) is 2.27. The Morgan fingerprint density at radius 1 is 1.24 bits per heavy atom. The van der Waals surface area contributed by atoms with E-state index in [9.17, 15) is 8.42 Å². The van der Waals surface area contributed by atoms with Crippen molar-refractivity contribution in [3.63, 3.8) is 0 Å². The van der Waals surface area contributed by atoms with E-state index in [0.29, 0.717) is 4.90 Å².